The van der Waals surface area contributed by atoms with Crippen molar-refractivity contribution in [3.63, 3.8) is 0 Å². The predicted octanol–water partition coefficient (Wildman–Crippen LogP) is 12.4. The molecule has 51 heavy (non-hydrogen) atoms. The van der Waals surface area contributed by atoms with Crippen LogP contribution in [0.5, 0.6) is 0 Å². The number of nitrogens with zero attached hydrogens (tertiary/aromatic N) is 3. The van der Waals surface area contributed by atoms with Gasteiger partial charge in [-0.1, -0.05) is 133 Å². The van der Waals surface area contributed by atoms with Crippen LogP contribution in [0.25, 0.3) is 99.9 Å². The van der Waals surface area contributed by atoms with E-state index in [1.807, 2.05) is 42.5 Å². The number of hydrogen-bond acceptors (Lipinski definition) is 4. The third-order valence-electron chi connectivity index (χ3n) is 9.69. The lowest BCUT2D eigenvalue weighted by Crippen LogP contribution is -2.00. The lowest BCUT2D eigenvalue weighted by atomic mass is 9.92. The fourth-order valence-corrected chi connectivity index (χ4v) is 7.21. The number of benzene rings is 8. The van der Waals surface area contributed by atoms with Gasteiger partial charge in [-0.25, -0.2) is 15.0 Å². The maximum absolute atomic E-state index is 6.31. The largest absolute Gasteiger partial charge is 0.456 e. The second-order valence-electron chi connectivity index (χ2n) is 12.8. The van der Waals surface area contributed by atoms with Gasteiger partial charge in [0.15, 0.2) is 17.5 Å². The molecule has 0 N–H and O–H groups in total. The van der Waals surface area contributed by atoms with Crippen LogP contribution in [0.3, 0.4) is 0 Å². The van der Waals surface area contributed by atoms with Gasteiger partial charge in [-0.15, -0.1) is 0 Å². The molecule has 0 aliphatic carbocycles. The Kier molecular flexibility index (Phi) is 6.78. The van der Waals surface area contributed by atoms with Gasteiger partial charge in [-0.2, -0.15) is 0 Å². The molecule has 0 amide bonds. The van der Waals surface area contributed by atoms with Crippen LogP contribution in [0.2, 0.25) is 0 Å². The van der Waals surface area contributed by atoms with Crippen LogP contribution in [0.15, 0.2) is 180 Å². The van der Waals surface area contributed by atoms with Crippen molar-refractivity contribution < 1.29 is 4.42 Å². The van der Waals surface area contributed by atoms with E-state index in [0.29, 0.717) is 17.5 Å². The van der Waals surface area contributed by atoms with Crippen molar-refractivity contribution >= 4 is 43.5 Å². The molecule has 238 valence electrons. The molecule has 0 saturated heterocycles. The smallest absolute Gasteiger partial charge is 0.164 e. The number of aromatic nitrogens is 3. The van der Waals surface area contributed by atoms with E-state index >= 15 is 0 Å². The first-order valence-corrected chi connectivity index (χ1v) is 17.1. The summed E-state index contributed by atoms with van der Waals surface area (Å²) >= 11 is 0. The molecule has 10 aromatic rings. The third kappa shape index (κ3) is 5.13. The van der Waals surface area contributed by atoms with Crippen molar-refractivity contribution in [2.75, 3.05) is 0 Å². The van der Waals surface area contributed by atoms with Gasteiger partial charge in [-0.3, -0.25) is 0 Å². The third-order valence-corrected chi connectivity index (χ3v) is 9.69. The summed E-state index contributed by atoms with van der Waals surface area (Å²) in [7, 11) is 0. The van der Waals surface area contributed by atoms with E-state index in [4.69, 9.17) is 19.4 Å². The van der Waals surface area contributed by atoms with E-state index in [0.717, 1.165) is 55.1 Å². The lowest BCUT2D eigenvalue weighted by Gasteiger charge is -2.13. The molecule has 0 saturated carbocycles. The molecule has 0 radical (unpaired) electrons. The van der Waals surface area contributed by atoms with Gasteiger partial charge in [0, 0.05) is 27.5 Å². The van der Waals surface area contributed by atoms with Crippen molar-refractivity contribution in [3.8, 4) is 56.4 Å². The number of rotatable bonds is 5. The van der Waals surface area contributed by atoms with Crippen molar-refractivity contribution in [2.24, 2.45) is 0 Å². The summed E-state index contributed by atoms with van der Waals surface area (Å²) in [6.45, 7) is 0. The van der Waals surface area contributed by atoms with Crippen LogP contribution in [-0.2, 0) is 0 Å². The SMILES string of the molecule is c1ccc(-c2cc(-c3cccc(-c4nc(-c5ccccc5)nc(-c5ccc6oc7ccc8ccccc8c7c6c5)n4)c3)c3ccccc3c2)cc1. The van der Waals surface area contributed by atoms with Crippen LogP contribution < -0.4 is 0 Å². The maximum Gasteiger partial charge on any atom is 0.164 e. The quantitative estimate of drug-likeness (QED) is 0.186. The summed E-state index contributed by atoms with van der Waals surface area (Å²) < 4.78 is 6.31. The summed E-state index contributed by atoms with van der Waals surface area (Å²) in [6, 6.07) is 61.1. The Bertz CT molecular complexity index is 2910. The van der Waals surface area contributed by atoms with Crippen molar-refractivity contribution in [3.05, 3.63) is 176 Å². The topological polar surface area (TPSA) is 51.8 Å². The van der Waals surface area contributed by atoms with Crippen LogP contribution in [-0.4, -0.2) is 15.0 Å². The van der Waals surface area contributed by atoms with Crippen LogP contribution in [0.4, 0.5) is 0 Å². The highest BCUT2D eigenvalue weighted by atomic mass is 16.3. The highest BCUT2D eigenvalue weighted by Crippen LogP contribution is 2.38. The number of hydrogen-bond donors (Lipinski definition) is 0. The molecule has 2 heterocycles. The zero-order valence-electron chi connectivity index (χ0n) is 27.5. The maximum atomic E-state index is 6.31. The summed E-state index contributed by atoms with van der Waals surface area (Å²) in [5.74, 6) is 1.85. The molecule has 10 rings (SSSR count). The average molecular weight is 652 g/mol. The van der Waals surface area contributed by atoms with Crippen molar-refractivity contribution in [1.29, 1.82) is 0 Å². The lowest BCUT2D eigenvalue weighted by molar-refractivity contribution is 0.669. The van der Waals surface area contributed by atoms with E-state index in [1.54, 1.807) is 0 Å². The molecular formula is C47H29N3O. The molecular weight excluding hydrogens is 623 g/mol. The molecule has 0 aliphatic heterocycles. The Hall–Kier alpha value is -6.91. The fraction of sp³-hybridized carbons (Fsp3) is 0. The second kappa shape index (κ2) is 11.9. The summed E-state index contributed by atoms with van der Waals surface area (Å²) in [4.78, 5) is 15.3. The summed E-state index contributed by atoms with van der Waals surface area (Å²) in [6.07, 6.45) is 0. The average Bonchev–Trinajstić information content (AvgIpc) is 3.59. The molecule has 0 unspecified atom stereocenters. The van der Waals surface area contributed by atoms with E-state index in [-0.39, 0.29) is 0 Å². The van der Waals surface area contributed by atoms with E-state index in [2.05, 4.69) is 133 Å². The van der Waals surface area contributed by atoms with Crippen LogP contribution in [0.1, 0.15) is 0 Å². The van der Waals surface area contributed by atoms with Crippen molar-refractivity contribution in [1.82, 2.24) is 15.0 Å². The molecule has 0 spiro atoms. The molecule has 4 heteroatoms. The first-order valence-electron chi connectivity index (χ1n) is 17.1. The Morgan fingerprint density at radius 3 is 1.69 bits per heavy atom. The number of fused-ring (bicyclic) bond motifs is 6. The normalized spacial score (nSPS) is 11.5. The Morgan fingerprint density at radius 1 is 0.314 bits per heavy atom. The zero-order chi connectivity index (χ0) is 33.7. The van der Waals surface area contributed by atoms with Gasteiger partial charge in [0.2, 0.25) is 0 Å². The van der Waals surface area contributed by atoms with E-state index in [9.17, 15) is 0 Å². The van der Waals surface area contributed by atoms with Gasteiger partial charge in [0.05, 0.1) is 0 Å². The Balaban J connectivity index is 1.15. The predicted molar refractivity (Wildman–Crippen MR) is 209 cm³/mol. The van der Waals surface area contributed by atoms with Gasteiger partial charge in [-0.05, 0) is 86.3 Å². The van der Waals surface area contributed by atoms with E-state index < -0.39 is 0 Å². The molecule has 4 nitrogen and oxygen atoms in total. The molecule has 0 bridgehead atoms. The first-order chi connectivity index (χ1) is 25.2. The highest BCUT2D eigenvalue weighted by molar-refractivity contribution is 6.19. The monoisotopic (exact) mass is 651 g/mol. The molecule has 0 fully saturated rings. The minimum absolute atomic E-state index is 0.609. The van der Waals surface area contributed by atoms with Crippen LogP contribution >= 0.6 is 0 Å². The standard InChI is InChI=1S/C47H29N3O/c1-3-12-30(13-4-1)37-27-33-17-8-9-20-38(33)40(29-37)34-18-11-19-35(26-34)46-48-45(32-15-5-2-6-16-32)49-47(50-46)36-23-24-42-41(28-36)44-39-21-10-7-14-31(39)22-25-43(44)51-42/h1-29H. The van der Waals surface area contributed by atoms with Gasteiger partial charge in [0.1, 0.15) is 11.2 Å². The molecule has 2 aromatic heterocycles. The van der Waals surface area contributed by atoms with E-state index in [1.165, 1.54) is 27.3 Å². The molecule has 0 aliphatic rings. The molecule has 0 atom stereocenters. The number of furan rings is 1. The summed E-state index contributed by atoms with van der Waals surface area (Å²) in [5, 5.41) is 6.86. The molecule has 8 aromatic carbocycles. The Labute approximate surface area is 294 Å². The zero-order valence-corrected chi connectivity index (χ0v) is 27.5. The Morgan fingerprint density at radius 2 is 0.902 bits per heavy atom. The second-order valence-corrected chi connectivity index (χ2v) is 12.8. The summed E-state index contributed by atoms with van der Waals surface area (Å²) in [5.41, 5.74) is 9.08. The highest BCUT2D eigenvalue weighted by Gasteiger charge is 2.17. The van der Waals surface area contributed by atoms with Gasteiger partial charge < -0.3 is 4.42 Å². The van der Waals surface area contributed by atoms with Crippen molar-refractivity contribution in [2.45, 2.75) is 0 Å². The van der Waals surface area contributed by atoms with Gasteiger partial charge in [0.25, 0.3) is 0 Å². The first kappa shape index (κ1) is 29.0. The minimum Gasteiger partial charge on any atom is -0.456 e. The van der Waals surface area contributed by atoms with Crippen LogP contribution in [0, 0.1) is 0 Å². The minimum atomic E-state index is 0.609. The van der Waals surface area contributed by atoms with Gasteiger partial charge >= 0.3 is 0 Å². The fourth-order valence-electron chi connectivity index (χ4n) is 7.21.